The smallest absolute Gasteiger partial charge is 0.175 e. The van der Waals surface area contributed by atoms with Gasteiger partial charge in [0.25, 0.3) is 0 Å². The Morgan fingerprint density at radius 2 is 2.00 bits per heavy atom. The van der Waals surface area contributed by atoms with Crippen LogP contribution in [0.1, 0.15) is 30.9 Å². The third kappa shape index (κ3) is 2.50. The second-order valence-corrected chi connectivity index (χ2v) is 5.75. The quantitative estimate of drug-likeness (QED) is 0.908. The highest BCUT2D eigenvalue weighted by Gasteiger charge is 2.39. The monoisotopic (exact) mass is 313 g/mol. The molecule has 0 heterocycles. The van der Waals surface area contributed by atoms with E-state index in [1.807, 2.05) is 0 Å². The Morgan fingerprint density at radius 1 is 1.33 bits per heavy atom. The van der Waals surface area contributed by atoms with Gasteiger partial charge in [-0.3, -0.25) is 0 Å². The molecular weight excluding hydrogens is 294 g/mol. The van der Waals surface area contributed by atoms with Crippen LogP contribution in [0.3, 0.4) is 0 Å². The van der Waals surface area contributed by atoms with Gasteiger partial charge < -0.3 is 15.2 Å². The Labute approximate surface area is 117 Å². The zero-order valence-electron chi connectivity index (χ0n) is 11.2. The highest BCUT2D eigenvalue weighted by molar-refractivity contribution is 9.10. The van der Waals surface area contributed by atoms with Crippen molar-refractivity contribution >= 4 is 15.9 Å². The molecule has 1 aliphatic carbocycles. The fraction of sp³-hybridized carbons (Fsp3) is 0.571. The fourth-order valence-corrected chi connectivity index (χ4v) is 3.19. The third-order valence-electron chi connectivity index (χ3n) is 3.59. The van der Waals surface area contributed by atoms with Crippen LogP contribution in [0.2, 0.25) is 0 Å². The molecule has 1 aromatic carbocycles. The van der Waals surface area contributed by atoms with Gasteiger partial charge in [-0.15, -0.1) is 0 Å². The first kappa shape index (κ1) is 13.7. The van der Waals surface area contributed by atoms with E-state index in [2.05, 4.69) is 28.9 Å². The average molecular weight is 314 g/mol. The maximum absolute atomic E-state index is 6.23. The van der Waals surface area contributed by atoms with Crippen LogP contribution in [0.25, 0.3) is 0 Å². The van der Waals surface area contributed by atoms with E-state index in [4.69, 9.17) is 15.2 Å². The topological polar surface area (TPSA) is 44.5 Å². The van der Waals surface area contributed by atoms with Gasteiger partial charge in [0.2, 0.25) is 0 Å². The van der Waals surface area contributed by atoms with Gasteiger partial charge in [0.1, 0.15) is 0 Å². The van der Waals surface area contributed by atoms with Crippen LogP contribution in [0.4, 0.5) is 0 Å². The zero-order chi connectivity index (χ0) is 13.3. The number of ether oxygens (including phenoxy) is 2. The van der Waals surface area contributed by atoms with Crippen molar-refractivity contribution in [1.82, 2.24) is 0 Å². The lowest BCUT2D eigenvalue weighted by molar-refractivity contribution is 0.352. The van der Waals surface area contributed by atoms with Gasteiger partial charge in [0.05, 0.1) is 18.7 Å². The molecule has 18 heavy (non-hydrogen) atoms. The number of halogens is 1. The molecule has 0 radical (unpaired) electrons. The van der Waals surface area contributed by atoms with Crippen LogP contribution < -0.4 is 15.2 Å². The van der Waals surface area contributed by atoms with Gasteiger partial charge in [-0.1, -0.05) is 6.92 Å². The van der Waals surface area contributed by atoms with Crippen LogP contribution in [-0.2, 0) is 12.8 Å². The zero-order valence-corrected chi connectivity index (χ0v) is 12.8. The van der Waals surface area contributed by atoms with E-state index >= 15 is 0 Å². The molecule has 0 aliphatic heterocycles. The van der Waals surface area contributed by atoms with Crippen molar-refractivity contribution in [3.8, 4) is 11.5 Å². The van der Waals surface area contributed by atoms with Crippen LogP contribution >= 0.6 is 15.9 Å². The van der Waals surface area contributed by atoms with Crippen molar-refractivity contribution < 1.29 is 9.47 Å². The van der Waals surface area contributed by atoms with E-state index in [-0.39, 0.29) is 5.54 Å². The van der Waals surface area contributed by atoms with Crippen LogP contribution in [0, 0.1) is 0 Å². The lowest BCUT2D eigenvalue weighted by atomic mass is 9.97. The normalized spacial score (nSPS) is 16.5. The molecule has 2 rings (SSSR count). The minimum Gasteiger partial charge on any atom is -0.493 e. The molecule has 100 valence electrons. The van der Waals surface area contributed by atoms with Crippen molar-refractivity contribution in [3.05, 3.63) is 21.7 Å². The summed E-state index contributed by atoms with van der Waals surface area (Å²) >= 11 is 3.63. The summed E-state index contributed by atoms with van der Waals surface area (Å²) in [7, 11) is 3.32. The molecule has 0 bridgehead atoms. The van der Waals surface area contributed by atoms with Gasteiger partial charge in [0, 0.05) is 5.54 Å². The Bertz CT molecular complexity index is 456. The van der Waals surface area contributed by atoms with Crippen LogP contribution in [0.5, 0.6) is 11.5 Å². The van der Waals surface area contributed by atoms with Crippen molar-refractivity contribution in [2.24, 2.45) is 5.73 Å². The first-order valence-corrected chi connectivity index (χ1v) is 7.05. The first-order chi connectivity index (χ1) is 8.54. The second-order valence-electron chi connectivity index (χ2n) is 4.96. The summed E-state index contributed by atoms with van der Waals surface area (Å²) < 4.78 is 11.8. The number of nitrogens with two attached hydrogens (primary N) is 1. The number of benzene rings is 1. The van der Waals surface area contributed by atoms with Gasteiger partial charge in [-0.25, -0.2) is 0 Å². The predicted molar refractivity (Wildman–Crippen MR) is 76.5 cm³/mol. The summed E-state index contributed by atoms with van der Waals surface area (Å²) in [4.78, 5) is 0. The molecule has 0 atom stereocenters. The van der Waals surface area contributed by atoms with Gasteiger partial charge >= 0.3 is 0 Å². The van der Waals surface area contributed by atoms with Crippen molar-refractivity contribution in [1.29, 1.82) is 0 Å². The van der Waals surface area contributed by atoms with E-state index < -0.39 is 0 Å². The van der Waals surface area contributed by atoms with E-state index in [9.17, 15) is 0 Å². The Kier molecular flexibility index (Phi) is 3.87. The van der Waals surface area contributed by atoms with E-state index in [0.29, 0.717) is 0 Å². The molecule has 1 fully saturated rings. The molecule has 2 N–H and O–H groups in total. The molecule has 0 aromatic heterocycles. The third-order valence-corrected chi connectivity index (χ3v) is 4.43. The minimum atomic E-state index is 0.00294. The summed E-state index contributed by atoms with van der Waals surface area (Å²) in [6, 6.07) is 2.06. The predicted octanol–water partition coefficient (Wildman–Crippen LogP) is 3.06. The summed E-state index contributed by atoms with van der Waals surface area (Å²) in [6.45, 7) is 2.14. The summed E-state index contributed by atoms with van der Waals surface area (Å²) in [5, 5.41) is 0. The second kappa shape index (κ2) is 5.10. The molecular formula is C14H20BrNO2. The van der Waals surface area contributed by atoms with Crippen LogP contribution in [0.15, 0.2) is 10.5 Å². The Morgan fingerprint density at radius 3 is 2.44 bits per heavy atom. The van der Waals surface area contributed by atoms with Gasteiger partial charge in [-0.05, 0) is 58.8 Å². The Balaban J connectivity index is 2.47. The minimum absolute atomic E-state index is 0.00294. The van der Waals surface area contributed by atoms with Crippen LogP contribution in [-0.4, -0.2) is 19.8 Å². The lowest BCUT2D eigenvalue weighted by Crippen LogP contribution is -2.25. The van der Waals surface area contributed by atoms with Crippen molar-refractivity contribution in [2.45, 2.75) is 38.1 Å². The fourth-order valence-electron chi connectivity index (χ4n) is 2.30. The largest absolute Gasteiger partial charge is 0.493 e. The summed E-state index contributed by atoms with van der Waals surface area (Å²) in [6.07, 6.45) is 4.09. The molecule has 1 aliphatic rings. The maximum atomic E-state index is 6.23. The molecule has 0 unspecified atom stereocenters. The Hall–Kier alpha value is -0.740. The SMILES string of the molecule is CCc1c(CC2(N)CC2)cc(OC)c(OC)c1Br. The number of methoxy groups -OCH3 is 2. The lowest BCUT2D eigenvalue weighted by Gasteiger charge is -2.19. The molecule has 1 saturated carbocycles. The highest BCUT2D eigenvalue weighted by atomic mass is 79.9. The molecule has 0 spiro atoms. The first-order valence-electron chi connectivity index (χ1n) is 6.25. The van der Waals surface area contributed by atoms with Gasteiger partial charge in [0.15, 0.2) is 11.5 Å². The molecule has 4 heteroatoms. The van der Waals surface area contributed by atoms with Gasteiger partial charge in [-0.2, -0.15) is 0 Å². The summed E-state index contributed by atoms with van der Waals surface area (Å²) in [5.41, 5.74) is 8.76. The molecule has 0 saturated heterocycles. The molecule has 1 aromatic rings. The van der Waals surface area contributed by atoms with E-state index in [1.54, 1.807) is 14.2 Å². The average Bonchev–Trinajstić information content (AvgIpc) is 3.06. The standard InChI is InChI=1S/C14H20BrNO2/c1-4-10-9(8-14(16)5-6-14)7-11(17-2)13(18-3)12(10)15/h7H,4-6,8,16H2,1-3H3. The van der Waals surface area contributed by atoms with E-state index in [0.717, 1.165) is 41.7 Å². The van der Waals surface area contributed by atoms with E-state index in [1.165, 1.54) is 11.1 Å². The van der Waals surface area contributed by atoms with Crippen molar-refractivity contribution in [3.63, 3.8) is 0 Å². The van der Waals surface area contributed by atoms with Crippen molar-refractivity contribution in [2.75, 3.05) is 14.2 Å². The summed E-state index contributed by atoms with van der Waals surface area (Å²) in [5.74, 6) is 1.53. The number of hydrogen-bond donors (Lipinski definition) is 1. The number of rotatable bonds is 5. The maximum Gasteiger partial charge on any atom is 0.175 e. The highest BCUT2D eigenvalue weighted by Crippen LogP contribution is 2.43. The molecule has 0 amide bonds. The molecule has 3 nitrogen and oxygen atoms in total. The number of hydrogen-bond acceptors (Lipinski definition) is 3.